The van der Waals surface area contributed by atoms with Crippen molar-refractivity contribution in [2.24, 2.45) is 0 Å². The van der Waals surface area contributed by atoms with E-state index in [9.17, 15) is 33.9 Å². The molecule has 0 saturated carbocycles. The summed E-state index contributed by atoms with van der Waals surface area (Å²) in [5, 5.41) is 20.2. The third kappa shape index (κ3) is 8.85. The van der Waals surface area contributed by atoms with Crippen LogP contribution in [0.4, 0.5) is 5.82 Å². The maximum absolute atomic E-state index is 12.0. The number of quaternary nitrogens is 1. The van der Waals surface area contributed by atoms with Gasteiger partial charge < -0.3 is 35.0 Å². The number of ether oxygens (including phenoxy) is 1. The normalized spacial score (nSPS) is 27.3. The van der Waals surface area contributed by atoms with Crippen molar-refractivity contribution in [2.75, 3.05) is 46.6 Å². The van der Waals surface area contributed by atoms with Crippen LogP contribution in [0.2, 0.25) is 0 Å². The van der Waals surface area contributed by atoms with Gasteiger partial charge in [0.2, 0.25) is 0 Å². The zero-order chi connectivity index (χ0) is 23.6. The Hall–Kier alpha value is -0.220. The zero-order valence-corrected chi connectivity index (χ0v) is 21.8. The number of hydrogen-bond acceptors (Lipinski definition) is 11. The Labute approximate surface area is 205 Å². The first kappa shape index (κ1) is 29.8. The predicted molar refractivity (Wildman–Crippen MR) is 110 cm³/mol. The number of nitrogen functional groups attached to an aromatic ring is 1. The van der Waals surface area contributed by atoms with Crippen LogP contribution in [0.3, 0.4) is 0 Å². The molecule has 2 rings (SSSR count). The van der Waals surface area contributed by atoms with Crippen molar-refractivity contribution in [3.8, 4) is 0 Å². The molecule has 15 nitrogen and oxygen atoms in total. The predicted octanol–water partition coefficient (Wildman–Crippen LogP) is -1.98. The Kier molecular flexibility index (Phi) is 10.7. The molecule has 0 spiro atoms. The summed E-state index contributed by atoms with van der Waals surface area (Å²) in [5.74, 6) is -0.0652. The fourth-order valence-corrected chi connectivity index (χ4v) is 4.56. The quantitative estimate of drug-likeness (QED) is 0.131. The van der Waals surface area contributed by atoms with Gasteiger partial charge in [0.15, 0.2) is 6.23 Å². The van der Waals surface area contributed by atoms with Gasteiger partial charge in [0.1, 0.15) is 37.3 Å². The van der Waals surface area contributed by atoms with Crippen molar-refractivity contribution < 1.29 is 51.7 Å². The van der Waals surface area contributed by atoms with E-state index in [-0.39, 0.29) is 42.0 Å². The number of aliphatic hydroxyl groups is 2. The molecule has 179 valence electrons. The second-order valence-electron chi connectivity index (χ2n) is 7.75. The zero-order valence-electron chi connectivity index (χ0n) is 18.0. The van der Waals surface area contributed by atoms with Crippen LogP contribution in [0.5, 0.6) is 0 Å². The van der Waals surface area contributed by atoms with Crippen LogP contribution in [0, 0.1) is 0 Å². The van der Waals surface area contributed by atoms with Crippen LogP contribution in [0.1, 0.15) is 6.23 Å². The molecule has 0 aromatic carbocycles. The van der Waals surface area contributed by atoms with Crippen molar-refractivity contribution in [1.82, 2.24) is 9.55 Å². The van der Waals surface area contributed by atoms with E-state index in [4.69, 9.17) is 10.5 Å². The van der Waals surface area contributed by atoms with Crippen molar-refractivity contribution in [1.29, 1.82) is 0 Å². The molecule has 0 bridgehead atoms. The van der Waals surface area contributed by atoms with Crippen LogP contribution < -0.4 is 11.4 Å². The van der Waals surface area contributed by atoms with Crippen molar-refractivity contribution >= 4 is 51.0 Å². The third-order valence-corrected chi connectivity index (χ3v) is 6.72. The fraction of sp³-hybridized carbons (Fsp3) is 0.714. The summed E-state index contributed by atoms with van der Waals surface area (Å²) >= 11 is 0. The minimum atomic E-state index is -5.11. The summed E-state index contributed by atoms with van der Waals surface area (Å²) in [5.41, 5.74) is 4.53. The molecule has 6 atom stereocenters. The molecule has 1 aromatic heterocycles. The van der Waals surface area contributed by atoms with Crippen molar-refractivity contribution in [3.63, 3.8) is 0 Å². The van der Waals surface area contributed by atoms with Gasteiger partial charge in [-0.1, -0.05) is 0 Å². The summed E-state index contributed by atoms with van der Waals surface area (Å²) < 4.78 is 43.9. The Morgan fingerprint density at radius 3 is 2.34 bits per heavy atom. The summed E-state index contributed by atoms with van der Waals surface area (Å²) in [6.45, 7) is -0.746. The average molecular weight is 512 g/mol. The number of aromatic nitrogens is 2. The molecule has 6 N–H and O–H groups in total. The number of aliphatic hydroxyl groups excluding tert-OH is 2. The largest absolute Gasteiger partial charge is 0.481 e. The first-order chi connectivity index (χ1) is 14.1. The van der Waals surface area contributed by atoms with E-state index in [0.717, 1.165) is 4.57 Å². The molecule has 18 heteroatoms. The van der Waals surface area contributed by atoms with E-state index < -0.39 is 52.5 Å². The topological polar surface area (TPSA) is 213 Å². The SMILES string of the molecule is C[N+](C)(C)CCOP(=O)(O)OP(=O)(O)OC[C@H]1O[C@@H](n2ccc(N)nc2=O)[C@H](O)[C@@H]1O.[Na]. The Morgan fingerprint density at radius 1 is 1.19 bits per heavy atom. The minimum absolute atomic E-state index is 0. The first-order valence-corrected chi connectivity index (χ1v) is 11.9. The van der Waals surface area contributed by atoms with Gasteiger partial charge in [-0.25, -0.2) is 13.9 Å². The molecule has 1 aromatic rings. The number of nitrogens with zero attached hydrogens (tertiary/aromatic N) is 3. The number of hydrogen-bond donors (Lipinski definition) is 5. The second kappa shape index (κ2) is 11.5. The third-order valence-electron chi connectivity index (χ3n) is 4.09. The second-order valence-corrected chi connectivity index (χ2v) is 10.8. The Bertz CT molecular complexity index is 927. The summed E-state index contributed by atoms with van der Waals surface area (Å²) in [6.07, 6.45) is -4.82. The van der Waals surface area contributed by atoms with Gasteiger partial charge in [-0.2, -0.15) is 9.29 Å². The molecule has 0 amide bonds. The van der Waals surface area contributed by atoms with Gasteiger partial charge >= 0.3 is 21.3 Å². The number of phosphoric ester groups is 2. The molecule has 1 fully saturated rings. The fourth-order valence-electron chi connectivity index (χ4n) is 2.49. The van der Waals surface area contributed by atoms with E-state index in [0.29, 0.717) is 11.0 Å². The van der Waals surface area contributed by atoms with Crippen LogP contribution >= 0.6 is 15.6 Å². The van der Waals surface area contributed by atoms with E-state index in [1.165, 1.54) is 12.3 Å². The molecule has 1 aliphatic heterocycles. The number of likely N-dealkylation sites (N-methyl/N-ethyl adjacent to an activating group) is 1. The Morgan fingerprint density at radius 2 is 1.78 bits per heavy atom. The summed E-state index contributed by atoms with van der Waals surface area (Å²) in [4.78, 5) is 34.7. The molecule has 1 aliphatic rings. The summed E-state index contributed by atoms with van der Waals surface area (Å²) in [7, 11) is -4.64. The van der Waals surface area contributed by atoms with E-state index in [1.807, 2.05) is 0 Å². The minimum Gasteiger partial charge on any atom is -0.387 e. The number of phosphoric acid groups is 2. The molecular weight excluding hydrogens is 485 g/mol. The summed E-state index contributed by atoms with van der Waals surface area (Å²) in [6, 6.07) is 1.26. The molecule has 1 radical (unpaired) electrons. The smallest absolute Gasteiger partial charge is 0.387 e. The van der Waals surface area contributed by atoms with E-state index in [2.05, 4.69) is 18.3 Å². The van der Waals surface area contributed by atoms with Gasteiger partial charge in [-0.3, -0.25) is 13.6 Å². The van der Waals surface area contributed by atoms with Crippen molar-refractivity contribution in [3.05, 3.63) is 22.7 Å². The van der Waals surface area contributed by atoms with Crippen molar-refractivity contribution in [2.45, 2.75) is 24.5 Å². The molecule has 0 aliphatic carbocycles. The van der Waals surface area contributed by atoms with E-state index >= 15 is 0 Å². The number of anilines is 1. The average Bonchev–Trinajstić information content (AvgIpc) is 2.86. The van der Waals surface area contributed by atoms with Crippen LogP contribution in [0.25, 0.3) is 0 Å². The van der Waals surface area contributed by atoms with Gasteiger partial charge in [0.25, 0.3) is 0 Å². The van der Waals surface area contributed by atoms with Gasteiger partial charge in [-0.15, -0.1) is 0 Å². The monoisotopic (exact) mass is 512 g/mol. The Balaban J connectivity index is 0.00000512. The van der Waals surface area contributed by atoms with E-state index in [1.54, 1.807) is 21.1 Å². The maximum Gasteiger partial charge on any atom is 0.481 e. The molecule has 1 saturated heterocycles. The van der Waals surface area contributed by atoms with Gasteiger partial charge in [0.05, 0.1) is 27.7 Å². The molecule has 2 heterocycles. The number of rotatable bonds is 10. The van der Waals surface area contributed by atoms with Crippen LogP contribution in [0.15, 0.2) is 17.1 Å². The standard InChI is InChI=1S/C14H26N4O11P2.Na/c1-18(2,3)6-7-26-30(22,23)29-31(24,25)27-8-9-11(19)12(20)13(28-9)17-5-4-10(15)16-14(17)21;/h4-5,9,11-13,19-20H,6-8H2,1-3H3,(H3-,15,16,21,22,23,24,25);/p+1/t9-,11-,12-,13-;/m1./s1. The van der Waals surface area contributed by atoms with Crippen LogP contribution in [-0.2, 0) is 27.2 Å². The maximum atomic E-state index is 12.0. The molecule has 2 unspecified atom stereocenters. The van der Waals surface area contributed by atoms with Gasteiger partial charge in [0, 0.05) is 35.8 Å². The molecular formula is C14H27N4NaO11P2+. The molecule has 32 heavy (non-hydrogen) atoms. The first-order valence-electron chi connectivity index (χ1n) is 8.93. The number of nitrogens with two attached hydrogens (primary N) is 1. The van der Waals surface area contributed by atoms with Crippen LogP contribution in [-0.4, -0.2) is 123 Å². The van der Waals surface area contributed by atoms with Gasteiger partial charge in [-0.05, 0) is 6.07 Å².